The molecule has 1 aliphatic rings. The van der Waals surface area contributed by atoms with Gasteiger partial charge in [0.25, 0.3) is 5.91 Å². The minimum Gasteiger partial charge on any atom is -0.495 e. The van der Waals surface area contributed by atoms with E-state index in [2.05, 4.69) is 10.0 Å². The van der Waals surface area contributed by atoms with Gasteiger partial charge in [0, 0.05) is 24.6 Å². The fourth-order valence-electron chi connectivity index (χ4n) is 3.06. The quantitative estimate of drug-likeness (QED) is 0.518. The maximum absolute atomic E-state index is 12.7. The van der Waals surface area contributed by atoms with Crippen molar-refractivity contribution in [1.29, 1.82) is 0 Å². The van der Waals surface area contributed by atoms with Crippen molar-refractivity contribution in [2.45, 2.75) is 55.9 Å². The zero-order valence-corrected chi connectivity index (χ0v) is 16.2. The molecule has 1 aromatic carbocycles. The van der Waals surface area contributed by atoms with Gasteiger partial charge in [0.2, 0.25) is 10.0 Å². The molecule has 27 heavy (non-hydrogen) atoms. The molecule has 2 rings (SSSR count). The first-order chi connectivity index (χ1) is 12.8. The lowest BCUT2D eigenvalue weighted by molar-refractivity contribution is -0.137. The number of carbonyl (C=O) groups excluding carboxylic acids is 1. The number of carbonyl (C=O) groups is 2. The molecule has 0 aromatic heterocycles. The minimum absolute atomic E-state index is 0.0492. The van der Waals surface area contributed by atoms with Crippen molar-refractivity contribution in [2.24, 2.45) is 0 Å². The fraction of sp³-hybridized carbons (Fsp3) is 0.556. The Bertz CT molecular complexity index is 772. The summed E-state index contributed by atoms with van der Waals surface area (Å²) in [6.07, 6.45) is 4.64. The molecule has 1 aromatic rings. The number of aliphatic carboxylic acids is 1. The number of sulfonamides is 1. The summed E-state index contributed by atoms with van der Waals surface area (Å²) in [6, 6.07) is 4.18. The van der Waals surface area contributed by atoms with Crippen LogP contribution in [-0.4, -0.2) is 45.1 Å². The van der Waals surface area contributed by atoms with Crippen LogP contribution in [0.15, 0.2) is 23.1 Å². The minimum atomic E-state index is -3.80. The Morgan fingerprint density at radius 1 is 1.22 bits per heavy atom. The third-order valence-electron chi connectivity index (χ3n) is 4.50. The number of carboxylic acid groups (broad SMARTS) is 1. The van der Waals surface area contributed by atoms with Crippen LogP contribution in [0.2, 0.25) is 0 Å². The van der Waals surface area contributed by atoms with Crippen LogP contribution < -0.4 is 14.8 Å². The third kappa shape index (κ3) is 6.21. The van der Waals surface area contributed by atoms with Crippen LogP contribution in [0.1, 0.15) is 55.3 Å². The second kappa shape index (κ2) is 9.70. The van der Waals surface area contributed by atoms with Gasteiger partial charge in [-0.15, -0.1) is 0 Å². The first-order valence-corrected chi connectivity index (χ1v) is 10.5. The van der Waals surface area contributed by atoms with Crippen molar-refractivity contribution in [3.8, 4) is 5.75 Å². The first kappa shape index (κ1) is 21.2. The monoisotopic (exact) mass is 398 g/mol. The number of benzene rings is 1. The van der Waals surface area contributed by atoms with E-state index in [0.29, 0.717) is 19.4 Å². The predicted molar refractivity (Wildman–Crippen MR) is 99.4 cm³/mol. The van der Waals surface area contributed by atoms with E-state index in [0.717, 1.165) is 25.7 Å². The average Bonchev–Trinajstić information content (AvgIpc) is 3.12. The molecule has 150 valence electrons. The SMILES string of the molecule is COc1ccc(C(=O)NCCCCC(=O)O)cc1S(=O)(=O)NC1CCCC1. The number of unbranched alkanes of at least 4 members (excludes halogenated alkanes) is 1. The molecule has 0 atom stereocenters. The summed E-state index contributed by atoms with van der Waals surface area (Å²) in [5.41, 5.74) is 0.209. The largest absolute Gasteiger partial charge is 0.495 e. The van der Waals surface area contributed by atoms with E-state index in [1.807, 2.05) is 0 Å². The van der Waals surface area contributed by atoms with Crippen LogP contribution in [0, 0.1) is 0 Å². The molecule has 0 bridgehead atoms. The number of hydrogen-bond donors (Lipinski definition) is 3. The zero-order chi connectivity index (χ0) is 19.9. The Balaban J connectivity index is 2.07. The highest BCUT2D eigenvalue weighted by Crippen LogP contribution is 2.27. The lowest BCUT2D eigenvalue weighted by Crippen LogP contribution is -2.33. The number of methoxy groups -OCH3 is 1. The first-order valence-electron chi connectivity index (χ1n) is 9.04. The molecule has 0 saturated heterocycles. The highest BCUT2D eigenvalue weighted by Gasteiger charge is 2.26. The second-order valence-corrected chi connectivity index (χ2v) is 8.26. The molecule has 9 heteroatoms. The van der Waals surface area contributed by atoms with Gasteiger partial charge < -0.3 is 15.2 Å². The number of amides is 1. The number of carboxylic acids is 1. The molecule has 0 heterocycles. The molecule has 1 saturated carbocycles. The van der Waals surface area contributed by atoms with E-state index in [1.165, 1.54) is 25.3 Å². The second-order valence-electron chi connectivity index (χ2n) is 6.58. The lowest BCUT2D eigenvalue weighted by atomic mass is 10.2. The standard InChI is InChI=1S/C18H26N2O6S/c1-26-15-10-9-13(18(23)19-11-5-4-8-17(21)22)12-16(15)27(24,25)20-14-6-2-3-7-14/h9-10,12,14,20H,2-8,11H2,1H3,(H,19,23)(H,21,22). The van der Waals surface area contributed by atoms with Crippen molar-refractivity contribution in [2.75, 3.05) is 13.7 Å². The third-order valence-corrected chi connectivity index (χ3v) is 6.04. The van der Waals surface area contributed by atoms with Crippen LogP contribution >= 0.6 is 0 Å². The Labute approximate surface area is 159 Å². The van der Waals surface area contributed by atoms with Crippen LogP contribution in [0.4, 0.5) is 0 Å². The van der Waals surface area contributed by atoms with Crippen LogP contribution in [0.5, 0.6) is 5.75 Å². The molecule has 0 unspecified atom stereocenters. The number of ether oxygens (including phenoxy) is 1. The maximum atomic E-state index is 12.7. The van der Waals surface area contributed by atoms with Gasteiger partial charge >= 0.3 is 5.97 Å². The van der Waals surface area contributed by atoms with Crippen LogP contribution in [-0.2, 0) is 14.8 Å². The van der Waals surface area contributed by atoms with Crippen molar-refractivity contribution < 1.29 is 27.9 Å². The van der Waals surface area contributed by atoms with Gasteiger partial charge in [0.05, 0.1) is 7.11 Å². The molecule has 1 aliphatic carbocycles. The van der Waals surface area contributed by atoms with Gasteiger partial charge in [0.1, 0.15) is 10.6 Å². The zero-order valence-electron chi connectivity index (χ0n) is 15.4. The van der Waals surface area contributed by atoms with E-state index >= 15 is 0 Å². The summed E-state index contributed by atoms with van der Waals surface area (Å²) in [7, 11) is -2.42. The lowest BCUT2D eigenvalue weighted by Gasteiger charge is -2.15. The summed E-state index contributed by atoms with van der Waals surface area (Å²) in [6.45, 7) is 0.320. The molecule has 8 nitrogen and oxygen atoms in total. The Hall–Kier alpha value is -2.13. The molecule has 0 radical (unpaired) electrons. The van der Waals surface area contributed by atoms with E-state index in [1.54, 1.807) is 0 Å². The van der Waals surface area contributed by atoms with Gasteiger partial charge in [-0.2, -0.15) is 0 Å². The van der Waals surface area contributed by atoms with Gasteiger partial charge in [-0.05, 0) is 43.9 Å². The summed E-state index contributed by atoms with van der Waals surface area (Å²) in [5, 5.41) is 11.3. The maximum Gasteiger partial charge on any atom is 0.303 e. The summed E-state index contributed by atoms with van der Waals surface area (Å²) in [5.74, 6) is -1.11. The predicted octanol–water partition coefficient (Wildman–Crippen LogP) is 1.90. The summed E-state index contributed by atoms with van der Waals surface area (Å²) in [4.78, 5) is 22.7. The van der Waals surface area contributed by atoms with E-state index in [4.69, 9.17) is 9.84 Å². The molecule has 1 fully saturated rings. The van der Waals surface area contributed by atoms with Crippen LogP contribution in [0.3, 0.4) is 0 Å². The molecular weight excluding hydrogens is 372 g/mol. The molecule has 1 amide bonds. The van der Waals surface area contributed by atoms with E-state index in [9.17, 15) is 18.0 Å². The van der Waals surface area contributed by atoms with Crippen molar-refractivity contribution in [3.05, 3.63) is 23.8 Å². The highest BCUT2D eigenvalue weighted by atomic mass is 32.2. The van der Waals surface area contributed by atoms with Crippen molar-refractivity contribution in [3.63, 3.8) is 0 Å². The van der Waals surface area contributed by atoms with Crippen molar-refractivity contribution in [1.82, 2.24) is 10.0 Å². The smallest absolute Gasteiger partial charge is 0.303 e. The number of hydrogen-bond acceptors (Lipinski definition) is 5. The van der Waals surface area contributed by atoms with Gasteiger partial charge in [-0.25, -0.2) is 13.1 Å². The number of rotatable bonds is 10. The van der Waals surface area contributed by atoms with Gasteiger partial charge in [-0.3, -0.25) is 9.59 Å². The van der Waals surface area contributed by atoms with Gasteiger partial charge in [0.15, 0.2) is 0 Å². The van der Waals surface area contributed by atoms with Crippen molar-refractivity contribution >= 4 is 21.9 Å². The molecule has 0 aliphatic heterocycles. The highest BCUT2D eigenvalue weighted by molar-refractivity contribution is 7.89. The fourth-order valence-corrected chi connectivity index (χ4v) is 4.56. The Kier molecular flexibility index (Phi) is 7.61. The average molecular weight is 398 g/mol. The Morgan fingerprint density at radius 2 is 1.93 bits per heavy atom. The summed E-state index contributed by atoms with van der Waals surface area (Å²) < 4.78 is 33.3. The Morgan fingerprint density at radius 3 is 2.56 bits per heavy atom. The molecule has 3 N–H and O–H groups in total. The topological polar surface area (TPSA) is 122 Å². The van der Waals surface area contributed by atoms with Gasteiger partial charge in [-0.1, -0.05) is 12.8 Å². The van der Waals surface area contributed by atoms with E-state index in [-0.39, 0.29) is 28.7 Å². The summed E-state index contributed by atoms with van der Waals surface area (Å²) >= 11 is 0. The number of nitrogens with one attached hydrogen (secondary N) is 2. The normalized spacial score (nSPS) is 14.9. The molecular formula is C18H26N2O6S. The molecule has 0 spiro atoms. The van der Waals surface area contributed by atoms with E-state index < -0.39 is 21.9 Å². The van der Waals surface area contributed by atoms with Crippen LogP contribution in [0.25, 0.3) is 0 Å².